The van der Waals surface area contributed by atoms with Crippen LogP contribution in [0.5, 0.6) is 0 Å². The van der Waals surface area contributed by atoms with Crippen LogP contribution >= 0.6 is 0 Å². The molecule has 27 heavy (non-hydrogen) atoms. The molecule has 0 bridgehead atoms. The van der Waals surface area contributed by atoms with Crippen LogP contribution < -0.4 is 16.0 Å². The molecule has 0 saturated carbocycles. The van der Waals surface area contributed by atoms with E-state index < -0.39 is 11.7 Å². The fourth-order valence-electron chi connectivity index (χ4n) is 2.28. The molecule has 7 nitrogen and oxygen atoms in total. The molecule has 0 saturated heterocycles. The van der Waals surface area contributed by atoms with Gasteiger partial charge in [-0.05, 0) is 40.2 Å². The highest BCUT2D eigenvalue weighted by Gasteiger charge is 2.20. The van der Waals surface area contributed by atoms with Gasteiger partial charge in [0.05, 0.1) is 19.2 Å². The molecule has 1 rings (SSSR count). The molecule has 0 spiro atoms. The zero-order valence-corrected chi connectivity index (χ0v) is 17.2. The van der Waals surface area contributed by atoms with Gasteiger partial charge in [-0.15, -0.1) is 0 Å². The van der Waals surface area contributed by atoms with Crippen molar-refractivity contribution in [3.05, 3.63) is 35.9 Å². The number of nitrogens with zero attached hydrogens (tertiary/aromatic N) is 1. The van der Waals surface area contributed by atoms with E-state index in [1.807, 2.05) is 65.0 Å². The zero-order valence-electron chi connectivity index (χ0n) is 17.2. The maximum Gasteiger partial charge on any atom is 0.408 e. The van der Waals surface area contributed by atoms with E-state index >= 15 is 0 Å². The van der Waals surface area contributed by atoms with E-state index in [4.69, 9.17) is 9.47 Å². The molecule has 0 heterocycles. The molecular formula is C20H34N4O3. The van der Waals surface area contributed by atoms with Gasteiger partial charge in [0.2, 0.25) is 0 Å². The lowest BCUT2D eigenvalue weighted by Gasteiger charge is -2.23. The van der Waals surface area contributed by atoms with E-state index in [-0.39, 0.29) is 6.04 Å². The first kappa shape index (κ1) is 22.8. The summed E-state index contributed by atoms with van der Waals surface area (Å²) in [6.45, 7) is 12.6. The number of guanidine groups is 1. The van der Waals surface area contributed by atoms with Crippen molar-refractivity contribution in [2.45, 2.75) is 46.3 Å². The molecule has 0 aliphatic carbocycles. The number of alkyl carbamates (subject to hydrolysis) is 1. The van der Waals surface area contributed by atoms with E-state index in [1.54, 1.807) is 0 Å². The van der Waals surface area contributed by atoms with Gasteiger partial charge in [-0.3, -0.25) is 4.99 Å². The summed E-state index contributed by atoms with van der Waals surface area (Å²) >= 11 is 0. The minimum Gasteiger partial charge on any atom is -0.444 e. The van der Waals surface area contributed by atoms with E-state index in [9.17, 15) is 4.79 Å². The summed E-state index contributed by atoms with van der Waals surface area (Å²) in [5.74, 6) is 0.684. The van der Waals surface area contributed by atoms with Gasteiger partial charge in [0.15, 0.2) is 5.96 Å². The van der Waals surface area contributed by atoms with E-state index in [0.29, 0.717) is 32.3 Å². The number of ether oxygens (including phenoxy) is 2. The van der Waals surface area contributed by atoms with Gasteiger partial charge in [0.1, 0.15) is 5.60 Å². The average molecular weight is 379 g/mol. The van der Waals surface area contributed by atoms with E-state index in [0.717, 1.165) is 12.1 Å². The number of carbonyl (C=O) groups excluding carboxylic acids is 1. The molecule has 152 valence electrons. The third-order valence-corrected chi connectivity index (χ3v) is 3.41. The van der Waals surface area contributed by atoms with Crippen molar-refractivity contribution >= 4 is 12.1 Å². The molecule has 1 aromatic carbocycles. The predicted octanol–water partition coefficient (Wildman–Crippen LogP) is 2.84. The Kier molecular flexibility index (Phi) is 10.3. The Labute approximate surface area is 162 Å². The highest BCUT2D eigenvalue weighted by molar-refractivity contribution is 5.79. The fraction of sp³-hybridized carbons (Fsp3) is 0.600. The molecule has 0 aliphatic rings. The number of benzene rings is 1. The molecule has 0 aliphatic heterocycles. The molecule has 0 aromatic heterocycles. The molecule has 1 unspecified atom stereocenters. The largest absolute Gasteiger partial charge is 0.444 e. The lowest BCUT2D eigenvalue weighted by atomic mass is 10.1. The van der Waals surface area contributed by atoms with Crippen LogP contribution in [0.1, 0.15) is 46.2 Å². The quantitative estimate of drug-likeness (QED) is 0.350. The molecule has 1 aromatic rings. The average Bonchev–Trinajstić information content (AvgIpc) is 2.61. The summed E-state index contributed by atoms with van der Waals surface area (Å²) in [6, 6.07) is 9.46. The normalized spacial score (nSPS) is 13.0. The summed E-state index contributed by atoms with van der Waals surface area (Å²) in [4.78, 5) is 16.8. The highest BCUT2D eigenvalue weighted by atomic mass is 16.6. The Morgan fingerprint density at radius 3 is 2.44 bits per heavy atom. The van der Waals surface area contributed by atoms with Crippen molar-refractivity contribution in [2.24, 2.45) is 4.99 Å². The van der Waals surface area contributed by atoms with Gasteiger partial charge >= 0.3 is 6.09 Å². The molecule has 7 heteroatoms. The number of hydrogen-bond donors (Lipinski definition) is 3. The van der Waals surface area contributed by atoms with E-state index in [1.165, 1.54) is 0 Å². The minimum atomic E-state index is -0.551. The van der Waals surface area contributed by atoms with Crippen molar-refractivity contribution in [1.82, 2.24) is 16.0 Å². The van der Waals surface area contributed by atoms with Gasteiger partial charge in [0.25, 0.3) is 0 Å². The number of rotatable bonds is 9. The minimum absolute atomic E-state index is 0.289. The van der Waals surface area contributed by atoms with Crippen LogP contribution in [0, 0.1) is 0 Å². The summed E-state index contributed by atoms with van der Waals surface area (Å²) in [5.41, 5.74) is 0.418. The second-order valence-corrected chi connectivity index (χ2v) is 6.95. The Morgan fingerprint density at radius 1 is 1.15 bits per heavy atom. The van der Waals surface area contributed by atoms with Crippen LogP contribution in [0.2, 0.25) is 0 Å². The lowest BCUT2D eigenvalue weighted by Crippen LogP contribution is -2.40. The fourth-order valence-corrected chi connectivity index (χ4v) is 2.28. The smallest absolute Gasteiger partial charge is 0.408 e. The zero-order chi connectivity index (χ0) is 20.1. The number of carbonyl (C=O) groups is 1. The van der Waals surface area contributed by atoms with Crippen molar-refractivity contribution in [1.29, 1.82) is 0 Å². The first-order valence-electron chi connectivity index (χ1n) is 9.50. The first-order chi connectivity index (χ1) is 12.9. The number of hydrogen-bond acceptors (Lipinski definition) is 4. The molecular weight excluding hydrogens is 344 g/mol. The number of amides is 1. The maximum atomic E-state index is 12.2. The molecule has 1 atom stereocenters. The van der Waals surface area contributed by atoms with Gasteiger partial charge in [-0.1, -0.05) is 30.3 Å². The summed E-state index contributed by atoms with van der Waals surface area (Å²) in [5, 5.41) is 9.34. The summed E-state index contributed by atoms with van der Waals surface area (Å²) < 4.78 is 10.7. The summed E-state index contributed by atoms with van der Waals surface area (Å²) in [6.07, 6.45) is -0.458. The van der Waals surface area contributed by atoms with Crippen molar-refractivity contribution in [3.63, 3.8) is 0 Å². The van der Waals surface area contributed by atoms with Crippen molar-refractivity contribution in [3.8, 4) is 0 Å². The Hall–Kier alpha value is -2.28. The summed E-state index contributed by atoms with van der Waals surface area (Å²) in [7, 11) is 0. The second-order valence-electron chi connectivity index (χ2n) is 6.95. The third-order valence-electron chi connectivity index (χ3n) is 3.41. The van der Waals surface area contributed by atoms with Crippen molar-refractivity contribution in [2.75, 3.05) is 32.8 Å². The third kappa shape index (κ3) is 10.5. The molecule has 0 radical (unpaired) electrons. The van der Waals surface area contributed by atoms with Crippen LogP contribution in [0.3, 0.4) is 0 Å². The van der Waals surface area contributed by atoms with Crippen LogP contribution in [0.4, 0.5) is 4.79 Å². The van der Waals surface area contributed by atoms with E-state index in [2.05, 4.69) is 20.9 Å². The molecule has 0 fully saturated rings. The SMILES string of the molecule is CCNC(=NCC(NC(=O)OC(C)(C)C)c1ccccc1)NCCOCC. The molecule has 1 amide bonds. The topological polar surface area (TPSA) is 84.0 Å². The van der Waals surface area contributed by atoms with Crippen LogP contribution in [-0.2, 0) is 9.47 Å². The van der Waals surface area contributed by atoms with Crippen molar-refractivity contribution < 1.29 is 14.3 Å². The number of nitrogens with one attached hydrogen (secondary N) is 3. The monoisotopic (exact) mass is 378 g/mol. The van der Waals surface area contributed by atoms with Crippen LogP contribution in [0.15, 0.2) is 35.3 Å². The molecule has 3 N–H and O–H groups in total. The second kappa shape index (κ2) is 12.2. The van der Waals surface area contributed by atoms with Gasteiger partial charge in [0, 0.05) is 19.7 Å². The maximum absolute atomic E-state index is 12.2. The first-order valence-corrected chi connectivity index (χ1v) is 9.50. The van der Waals surface area contributed by atoms with Gasteiger partial charge in [-0.2, -0.15) is 0 Å². The van der Waals surface area contributed by atoms with Crippen LogP contribution in [-0.4, -0.2) is 50.5 Å². The van der Waals surface area contributed by atoms with Gasteiger partial charge < -0.3 is 25.4 Å². The Morgan fingerprint density at radius 2 is 1.85 bits per heavy atom. The predicted molar refractivity (Wildman–Crippen MR) is 109 cm³/mol. The number of aliphatic imine (C=N–C) groups is 1. The highest BCUT2D eigenvalue weighted by Crippen LogP contribution is 2.15. The standard InChI is InChI=1S/C20H34N4O3/c1-6-21-18(22-13-14-26-7-2)23-15-17(16-11-9-8-10-12-16)24-19(25)27-20(3,4)5/h8-12,17H,6-7,13-15H2,1-5H3,(H,24,25)(H2,21,22,23). The van der Waals surface area contributed by atoms with Gasteiger partial charge in [-0.25, -0.2) is 4.79 Å². The lowest BCUT2D eigenvalue weighted by molar-refractivity contribution is 0.0505. The Balaban J connectivity index is 2.80. The Bertz CT molecular complexity index is 570. The van der Waals surface area contributed by atoms with Crippen LogP contribution in [0.25, 0.3) is 0 Å².